The Hall–Kier alpha value is -2.56. The van der Waals surface area contributed by atoms with Gasteiger partial charge in [-0.2, -0.15) is 0 Å². The minimum absolute atomic E-state index is 0.0901. The van der Waals surface area contributed by atoms with Crippen LogP contribution < -0.4 is 5.32 Å². The summed E-state index contributed by atoms with van der Waals surface area (Å²) in [6.07, 6.45) is 2.83. The Kier molecular flexibility index (Phi) is 7.33. The summed E-state index contributed by atoms with van der Waals surface area (Å²) in [5, 5.41) is 3.47. The zero-order valence-electron chi connectivity index (χ0n) is 18.8. The lowest BCUT2D eigenvalue weighted by Gasteiger charge is -2.34. The van der Waals surface area contributed by atoms with Crippen molar-refractivity contribution in [2.45, 2.75) is 38.0 Å². The van der Waals surface area contributed by atoms with Crippen LogP contribution in [0.4, 0.5) is 8.78 Å². The number of nitrogens with one attached hydrogen (secondary N) is 1. The minimum Gasteiger partial charge on any atom is -0.385 e. The molecule has 4 heteroatoms. The Labute approximate surface area is 189 Å². The van der Waals surface area contributed by atoms with Gasteiger partial charge in [0.1, 0.15) is 11.6 Å². The van der Waals surface area contributed by atoms with Gasteiger partial charge in [0.05, 0.1) is 0 Å². The molecule has 3 aromatic rings. The molecule has 0 radical (unpaired) electrons. The van der Waals surface area contributed by atoms with Crippen LogP contribution in [0.5, 0.6) is 0 Å². The molecule has 1 saturated heterocycles. The third kappa shape index (κ3) is 5.08. The van der Waals surface area contributed by atoms with Crippen molar-refractivity contribution in [2.75, 3.05) is 26.8 Å². The number of rotatable bonds is 7. The number of benzene rings is 3. The second-order valence-electron chi connectivity index (χ2n) is 8.73. The van der Waals surface area contributed by atoms with Crippen LogP contribution in [0, 0.1) is 18.6 Å². The van der Waals surface area contributed by atoms with E-state index < -0.39 is 11.6 Å². The van der Waals surface area contributed by atoms with Gasteiger partial charge in [-0.25, -0.2) is 8.78 Å². The first-order valence-electron chi connectivity index (χ1n) is 11.4. The number of methoxy groups -OCH3 is 1. The smallest absolute Gasteiger partial charge is 0.126 e. The fourth-order valence-electron chi connectivity index (χ4n) is 5.06. The highest BCUT2D eigenvalue weighted by molar-refractivity contribution is 5.68. The topological polar surface area (TPSA) is 21.3 Å². The summed E-state index contributed by atoms with van der Waals surface area (Å²) < 4.78 is 33.1. The van der Waals surface area contributed by atoms with Crippen LogP contribution in [-0.4, -0.2) is 26.8 Å². The molecular weight excluding hydrogens is 404 g/mol. The molecule has 1 fully saturated rings. The molecule has 0 aromatic heterocycles. The standard InChI is InChI=1S/C28H31F2NO/c1-19-14-21(26-8-4-3-6-20(26)7-5-13-32-2)9-10-25(19)28-18-31-12-11-27(28)22-15-23(29)17-24(30)16-22/h3-4,6,8-10,14-17,27-28,31H,5,7,11-13,18H2,1-2H3. The summed E-state index contributed by atoms with van der Waals surface area (Å²) in [4.78, 5) is 0. The van der Waals surface area contributed by atoms with Crippen LogP contribution in [0.2, 0.25) is 0 Å². The summed E-state index contributed by atoms with van der Waals surface area (Å²) in [6, 6.07) is 19.1. The molecule has 1 heterocycles. The SMILES string of the molecule is COCCCc1ccccc1-c1ccc(C2CNCCC2c2cc(F)cc(F)c2)c(C)c1. The molecule has 2 nitrogen and oxygen atoms in total. The quantitative estimate of drug-likeness (QED) is 0.435. The van der Waals surface area contributed by atoms with Crippen LogP contribution in [0.3, 0.4) is 0 Å². The molecule has 1 N–H and O–H groups in total. The van der Waals surface area contributed by atoms with Crippen molar-refractivity contribution in [3.05, 3.63) is 94.6 Å². The van der Waals surface area contributed by atoms with Crippen molar-refractivity contribution in [1.82, 2.24) is 5.32 Å². The van der Waals surface area contributed by atoms with Crippen molar-refractivity contribution < 1.29 is 13.5 Å². The van der Waals surface area contributed by atoms with Crippen molar-refractivity contribution >= 4 is 0 Å². The van der Waals surface area contributed by atoms with E-state index in [2.05, 4.69) is 54.7 Å². The number of piperidine rings is 1. The summed E-state index contributed by atoms with van der Waals surface area (Å²) in [6.45, 7) is 4.55. The van der Waals surface area contributed by atoms with Gasteiger partial charge in [0.2, 0.25) is 0 Å². The van der Waals surface area contributed by atoms with Gasteiger partial charge in [0.25, 0.3) is 0 Å². The lowest BCUT2D eigenvalue weighted by atomic mass is 9.75. The largest absolute Gasteiger partial charge is 0.385 e. The third-order valence-corrected chi connectivity index (χ3v) is 6.59. The van der Waals surface area contributed by atoms with E-state index in [0.29, 0.717) is 0 Å². The molecule has 168 valence electrons. The molecule has 2 atom stereocenters. The summed E-state index contributed by atoms with van der Waals surface area (Å²) in [7, 11) is 1.74. The Morgan fingerprint density at radius 2 is 1.75 bits per heavy atom. The molecule has 0 saturated carbocycles. The minimum atomic E-state index is -0.505. The molecular formula is C28H31F2NO. The van der Waals surface area contributed by atoms with Crippen LogP contribution in [-0.2, 0) is 11.2 Å². The van der Waals surface area contributed by atoms with E-state index in [1.807, 2.05) is 0 Å². The van der Waals surface area contributed by atoms with Gasteiger partial charge in [-0.15, -0.1) is 0 Å². The van der Waals surface area contributed by atoms with Crippen LogP contribution in [0.25, 0.3) is 11.1 Å². The molecule has 0 bridgehead atoms. The fourth-order valence-corrected chi connectivity index (χ4v) is 5.06. The van der Waals surface area contributed by atoms with Gasteiger partial charge >= 0.3 is 0 Å². The summed E-state index contributed by atoms with van der Waals surface area (Å²) in [5.41, 5.74) is 6.99. The molecule has 3 aromatic carbocycles. The van der Waals surface area contributed by atoms with E-state index in [4.69, 9.17) is 4.74 Å². The van der Waals surface area contributed by atoms with Crippen LogP contribution in [0.1, 0.15) is 46.9 Å². The van der Waals surface area contributed by atoms with Crippen molar-refractivity contribution in [3.63, 3.8) is 0 Å². The first kappa shape index (κ1) is 22.6. The number of hydrogen-bond donors (Lipinski definition) is 1. The Morgan fingerprint density at radius 3 is 2.50 bits per heavy atom. The van der Waals surface area contributed by atoms with Crippen molar-refractivity contribution in [3.8, 4) is 11.1 Å². The zero-order chi connectivity index (χ0) is 22.5. The van der Waals surface area contributed by atoms with E-state index in [1.54, 1.807) is 7.11 Å². The predicted octanol–water partition coefficient (Wildman–Crippen LogP) is 6.38. The fraction of sp³-hybridized carbons (Fsp3) is 0.357. The van der Waals surface area contributed by atoms with E-state index in [1.165, 1.54) is 39.9 Å². The summed E-state index contributed by atoms with van der Waals surface area (Å²) >= 11 is 0. The lowest BCUT2D eigenvalue weighted by Crippen LogP contribution is -2.34. The molecule has 4 rings (SSSR count). The molecule has 1 aliphatic heterocycles. The zero-order valence-corrected chi connectivity index (χ0v) is 18.8. The molecule has 0 spiro atoms. The van der Waals surface area contributed by atoms with Crippen molar-refractivity contribution in [1.29, 1.82) is 0 Å². The Bertz CT molecular complexity index is 1040. The Morgan fingerprint density at radius 1 is 0.969 bits per heavy atom. The average molecular weight is 436 g/mol. The number of hydrogen-bond acceptors (Lipinski definition) is 2. The van der Waals surface area contributed by atoms with Gasteiger partial charge < -0.3 is 10.1 Å². The van der Waals surface area contributed by atoms with Gasteiger partial charge in [-0.3, -0.25) is 0 Å². The average Bonchev–Trinajstić information content (AvgIpc) is 2.79. The lowest BCUT2D eigenvalue weighted by molar-refractivity contribution is 0.195. The predicted molar refractivity (Wildman–Crippen MR) is 126 cm³/mol. The van der Waals surface area contributed by atoms with E-state index >= 15 is 0 Å². The van der Waals surface area contributed by atoms with Gasteiger partial charge in [-0.1, -0.05) is 42.5 Å². The second kappa shape index (κ2) is 10.4. The van der Waals surface area contributed by atoms with Crippen molar-refractivity contribution in [2.24, 2.45) is 0 Å². The van der Waals surface area contributed by atoms with Gasteiger partial charge in [0, 0.05) is 32.2 Å². The molecule has 0 aliphatic carbocycles. The number of halogens is 2. The third-order valence-electron chi connectivity index (χ3n) is 6.59. The molecule has 32 heavy (non-hydrogen) atoms. The van der Waals surface area contributed by atoms with Crippen LogP contribution in [0.15, 0.2) is 60.7 Å². The second-order valence-corrected chi connectivity index (χ2v) is 8.73. The Balaban J connectivity index is 1.64. The monoisotopic (exact) mass is 435 g/mol. The normalized spacial score (nSPS) is 18.6. The maximum Gasteiger partial charge on any atom is 0.126 e. The molecule has 0 amide bonds. The van der Waals surface area contributed by atoms with Crippen LogP contribution >= 0.6 is 0 Å². The highest BCUT2D eigenvalue weighted by Gasteiger charge is 2.29. The first-order valence-corrected chi connectivity index (χ1v) is 11.4. The van der Waals surface area contributed by atoms with Gasteiger partial charge in [0.15, 0.2) is 0 Å². The van der Waals surface area contributed by atoms with E-state index in [9.17, 15) is 8.78 Å². The van der Waals surface area contributed by atoms with E-state index in [0.717, 1.165) is 50.6 Å². The van der Waals surface area contributed by atoms with E-state index in [-0.39, 0.29) is 11.8 Å². The molecule has 2 unspecified atom stereocenters. The maximum absolute atomic E-state index is 13.9. The highest BCUT2D eigenvalue weighted by Crippen LogP contribution is 2.40. The summed E-state index contributed by atoms with van der Waals surface area (Å²) in [5.74, 6) is -0.743. The highest BCUT2D eigenvalue weighted by atomic mass is 19.1. The maximum atomic E-state index is 13.9. The molecule has 1 aliphatic rings. The number of ether oxygens (including phenoxy) is 1. The number of aryl methyl sites for hydroxylation is 2. The first-order chi connectivity index (χ1) is 15.6. The van der Waals surface area contributed by atoms with Gasteiger partial charge in [-0.05, 0) is 84.2 Å².